The molecule has 1 N–H and O–H groups in total. The number of nitrogens with zero attached hydrogens (tertiary/aromatic N) is 1. The number of methoxy groups -OCH3 is 1. The summed E-state index contributed by atoms with van der Waals surface area (Å²) in [6, 6.07) is 0. The maximum atomic E-state index is 11.1. The zero-order valence-electron chi connectivity index (χ0n) is 18.2. The molecule has 0 aliphatic heterocycles. The third kappa shape index (κ3) is 12.3. The van der Waals surface area contributed by atoms with Crippen molar-refractivity contribution < 1.29 is 29.1 Å². The van der Waals surface area contributed by atoms with Crippen molar-refractivity contribution >= 4 is 30.6 Å². The number of carboxylic acids is 1. The molecule has 28 heavy (non-hydrogen) atoms. The van der Waals surface area contributed by atoms with Gasteiger partial charge in [-0.25, -0.2) is 5.06 Å². The average molecular weight is 424 g/mol. The van der Waals surface area contributed by atoms with Gasteiger partial charge in [-0.2, -0.15) is 0 Å². The highest BCUT2D eigenvalue weighted by Gasteiger charge is 2.41. The van der Waals surface area contributed by atoms with Crippen LogP contribution in [0.4, 0.5) is 0 Å². The Labute approximate surface area is 175 Å². The van der Waals surface area contributed by atoms with E-state index < -0.39 is 5.97 Å². The molecule has 7 nitrogen and oxygen atoms in total. The van der Waals surface area contributed by atoms with E-state index in [0.29, 0.717) is 23.7 Å². The number of hydrogen-bond acceptors (Lipinski definition) is 5. The van der Waals surface area contributed by atoms with E-state index in [1.807, 2.05) is 13.8 Å². The predicted molar refractivity (Wildman–Crippen MR) is 110 cm³/mol. The van der Waals surface area contributed by atoms with Crippen LogP contribution in [0.3, 0.4) is 0 Å². The second-order valence-electron chi connectivity index (χ2n) is 7.59. The van der Waals surface area contributed by atoms with Crippen LogP contribution in [0.25, 0.3) is 0 Å². The summed E-state index contributed by atoms with van der Waals surface area (Å²) in [7, 11) is 4.83. The van der Waals surface area contributed by atoms with E-state index in [2.05, 4.69) is 18.6 Å². The number of hydrogen-bond donors (Lipinski definition) is 1. The molecular weight excluding hydrogens is 386 g/mol. The van der Waals surface area contributed by atoms with Crippen molar-refractivity contribution in [3.8, 4) is 0 Å². The average Bonchev–Trinajstić information content (AvgIpc) is 3.57. The summed E-state index contributed by atoms with van der Waals surface area (Å²) in [6.07, 6.45) is 4.08. The van der Waals surface area contributed by atoms with Crippen molar-refractivity contribution in [2.24, 2.45) is 35.5 Å². The lowest BCUT2D eigenvalue weighted by Crippen LogP contribution is -2.27. The van der Waals surface area contributed by atoms with Gasteiger partial charge in [-0.15, -0.1) is 12.4 Å². The summed E-state index contributed by atoms with van der Waals surface area (Å²) in [5.74, 6) is 1.81. The van der Waals surface area contributed by atoms with Gasteiger partial charge in [-0.05, 0) is 43.9 Å². The van der Waals surface area contributed by atoms with Gasteiger partial charge in [-0.3, -0.25) is 14.4 Å². The highest BCUT2D eigenvalue weighted by atomic mass is 35.5. The van der Waals surface area contributed by atoms with E-state index in [9.17, 15) is 14.4 Å². The third-order valence-electron chi connectivity index (χ3n) is 5.07. The topological polar surface area (TPSA) is 93.1 Å². The summed E-state index contributed by atoms with van der Waals surface area (Å²) >= 11 is 0. The van der Waals surface area contributed by atoms with E-state index >= 15 is 0 Å². The summed E-state index contributed by atoms with van der Waals surface area (Å²) < 4.78 is 4.54. The second kappa shape index (κ2) is 14.8. The van der Waals surface area contributed by atoms with Gasteiger partial charge in [0.05, 0.1) is 13.0 Å². The SMILES string of the molecule is CC1CC1C(=O)O.CC1CC1C=O.CCOC.CON(C)C(=O)C1CC1C.Cl. The number of carbonyl (C=O) groups is 3. The van der Waals surface area contributed by atoms with E-state index in [1.54, 1.807) is 14.2 Å². The molecule has 0 bridgehead atoms. The number of aliphatic carboxylic acids is 1. The first-order valence-corrected chi connectivity index (χ1v) is 9.63. The van der Waals surface area contributed by atoms with Gasteiger partial charge in [0.1, 0.15) is 6.29 Å². The Kier molecular flexibility index (Phi) is 15.3. The normalized spacial score (nSPS) is 30.2. The molecule has 0 aromatic rings. The Hall–Kier alpha value is -1.18. The lowest BCUT2D eigenvalue weighted by molar-refractivity contribution is -0.170. The molecular formula is C20H38ClNO6. The zero-order chi connectivity index (χ0) is 21.1. The minimum atomic E-state index is -0.632. The first kappa shape index (κ1) is 29.0. The molecule has 0 aromatic heterocycles. The van der Waals surface area contributed by atoms with Crippen molar-refractivity contribution in [1.82, 2.24) is 5.06 Å². The highest BCUT2D eigenvalue weighted by Crippen LogP contribution is 2.39. The minimum Gasteiger partial charge on any atom is -0.481 e. The van der Waals surface area contributed by atoms with Crippen LogP contribution >= 0.6 is 12.4 Å². The molecule has 8 heteroatoms. The molecule has 3 aliphatic carbocycles. The highest BCUT2D eigenvalue weighted by molar-refractivity contribution is 5.85. The molecule has 0 heterocycles. The van der Waals surface area contributed by atoms with Crippen LogP contribution < -0.4 is 0 Å². The minimum absolute atomic E-state index is 0. The smallest absolute Gasteiger partial charge is 0.306 e. The van der Waals surface area contributed by atoms with E-state index in [4.69, 9.17) is 9.94 Å². The monoisotopic (exact) mass is 423 g/mol. The number of carbonyl (C=O) groups excluding carboxylic acids is 2. The van der Waals surface area contributed by atoms with Crippen LogP contribution in [0.15, 0.2) is 0 Å². The number of aldehydes is 1. The lowest BCUT2D eigenvalue weighted by Gasteiger charge is -2.12. The fourth-order valence-corrected chi connectivity index (χ4v) is 2.20. The fourth-order valence-electron chi connectivity index (χ4n) is 2.20. The van der Waals surface area contributed by atoms with Crippen LogP contribution in [0, 0.1) is 35.5 Å². The molecule has 0 spiro atoms. The summed E-state index contributed by atoms with van der Waals surface area (Å²) in [5, 5.41) is 9.52. The van der Waals surface area contributed by atoms with Crippen molar-refractivity contribution in [2.75, 3.05) is 27.9 Å². The van der Waals surface area contributed by atoms with Gasteiger partial charge in [-0.1, -0.05) is 20.8 Å². The Bertz CT molecular complexity index is 468. The summed E-state index contributed by atoms with van der Waals surface area (Å²) in [4.78, 5) is 35.6. The predicted octanol–water partition coefficient (Wildman–Crippen LogP) is 3.31. The maximum absolute atomic E-state index is 11.1. The van der Waals surface area contributed by atoms with Gasteiger partial charge < -0.3 is 14.6 Å². The largest absolute Gasteiger partial charge is 0.481 e. The molecule has 0 radical (unpaired) electrons. The van der Waals surface area contributed by atoms with Gasteiger partial charge in [0.25, 0.3) is 0 Å². The van der Waals surface area contributed by atoms with Crippen molar-refractivity contribution in [3.63, 3.8) is 0 Å². The number of hydroxylamine groups is 2. The molecule has 0 saturated heterocycles. The Morgan fingerprint density at radius 2 is 1.43 bits per heavy atom. The molecule has 3 saturated carbocycles. The van der Waals surface area contributed by atoms with Crippen LogP contribution in [-0.4, -0.2) is 56.2 Å². The van der Waals surface area contributed by atoms with Gasteiger partial charge in [0.2, 0.25) is 5.91 Å². The molecule has 3 fully saturated rings. The lowest BCUT2D eigenvalue weighted by atomic mass is 10.3. The van der Waals surface area contributed by atoms with Crippen LogP contribution in [0.2, 0.25) is 0 Å². The van der Waals surface area contributed by atoms with Crippen molar-refractivity contribution in [3.05, 3.63) is 0 Å². The summed E-state index contributed by atoms with van der Waals surface area (Å²) in [5.41, 5.74) is 0. The summed E-state index contributed by atoms with van der Waals surface area (Å²) in [6.45, 7) is 8.91. The Balaban J connectivity index is 0. The Morgan fingerprint density at radius 3 is 1.54 bits per heavy atom. The molecule has 3 rings (SSSR count). The molecule has 3 aliphatic rings. The number of halogens is 1. The zero-order valence-corrected chi connectivity index (χ0v) is 19.0. The van der Waals surface area contributed by atoms with E-state index in [1.165, 1.54) is 12.2 Å². The molecule has 1 amide bonds. The van der Waals surface area contributed by atoms with Crippen LogP contribution in [0.1, 0.15) is 47.0 Å². The molecule has 6 atom stereocenters. The standard InChI is InChI=1S/C7H13NO2.C5H8O2.C5H8O.C3H8O.ClH/c1-5-4-6(5)7(9)8(2)10-3;1-3-2-4(3)5(6)7;1-4-2-5(4)3-6;1-3-4-2;/h5-6H,4H2,1-3H3;3-4H,2H2,1H3,(H,6,7);3-5H,2H2,1H3;3H2,1-2H3;1H. The van der Waals surface area contributed by atoms with Gasteiger partial charge >= 0.3 is 5.97 Å². The van der Waals surface area contributed by atoms with Crippen molar-refractivity contribution in [1.29, 1.82) is 0 Å². The van der Waals surface area contributed by atoms with Gasteiger partial charge in [0, 0.05) is 32.6 Å². The number of amides is 1. The third-order valence-corrected chi connectivity index (χ3v) is 5.07. The number of rotatable bonds is 5. The number of ether oxygens (including phenoxy) is 1. The number of carboxylic acid groups (broad SMARTS) is 1. The maximum Gasteiger partial charge on any atom is 0.306 e. The van der Waals surface area contributed by atoms with Gasteiger partial charge in [0.15, 0.2) is 0 Å². The quantitative estimate of drug-likeness (QED) is 0.538. The van der Waals surface area contributed by atoms with Crippen LogP contribution in [-0.2, 0) is 24.0 Å². The molecule has 6 unspecified atom stereocenters. The molecule has 0 aromatic carbocycles. The first-order valence-electron chi connectivity index (χ1n) is 9.63. The Morgan fingerprint density at radius 1 is 1.04 bits per heavy atom. The van der Waals surface area contributed by atoms with E-state index in [0.717, 1.165) is 32.2 Å². The first-order chi connectivity index (χ1) is 12.6. The second-order valence-corrected chi connectivity index (χ2v) is 7.59. The van der Waals surface area contributed by atoms with Crippen LogP contribution in [0.5, 0.6) is 0 Å². The fraction of sp³-hybridized carbons (Fsp3) is 0.850. The molecule has 166 valence electrons. The van der Waals surface area contributed by atoms with E-state index in [-0.39, 0.29) is 30.2 Å². The van der Waals surface area contributed by atoms with Crippen molar-refractivity contribution in [2.45, 2.75) is 47.0 Å².